The molecule has 0 bridgehead atoms. The minimum Gasteiger partial charge on any atom is -0.348 e. The first-order valence-electron chi connectivity index (χ1n) is 7.49. The van der Waals surface area contributed by atoms with Crippen molar-refractivity contribution in [3.05, 3.63) is 70.3 Å². The quantitative estimate of drug-likeness (QED) is 0.534. The fourth-order valence-corrected chi connectivity index (χ4v) is 3.54. The third kappa shape index (κ3) is 3.32. The van der Waals surface area contributed by atoms with Crippen LogP contribution in [-0.2, 0) is 0 Å². The second-order valence-corrected chi connectivity index (χ2v) is 6.31. The van der Waals surface area contributed by atoms with Gasteiger partial charge in [0.05, 0.1) is 10.2 Å². The smallest absolute Gasteiger partial charge is 0.236 e. The largest absolute Gasteiger partial charge is 0.348 e. The molecule has 0 radical (unpaired) electrons. The molecular weight excluding hydrogens is 310 g/mol. The van der Waals surface area contributed by atoms with Crippen molar-refractivity contribution in [3.8, 4) is 0 Å². The number of fused-ring (bicyclic) bond motifs is 1. The van der Waals surface area contributed by atoms with Crippen LogP contribution >= 0.6 is 11.3 Å². The van der Waals surface area contributed by atoms with Gasteiger partial charge in [-0.05, 0) is 17.7 Å². The van der Waals surface area contributed by atoms with Gasteiger partial charge in [0.2, 0.25) is 6.04 Å². The summed E-state index contributed by atoms with van der Waals surface area (Å²) in [7, 11) is 0. The SMILES string of the molecule is CCC([C@@H](Nc1nc2ccccc2s1)c1ccccc1)[N+](=O)[O-]. The van der Waals surface area contributed by atoms with Crippen LogP contribution in [0.15, 0.2) is 54.6 Å². The maximum absolute atomic E-state index is 11.5. The maximum Gasteiger partial charge on any atom is 0.236 e. The Balaban J connectivity index is 1.96. The molecular formula is C17H17N3O2S. The summed E-state index contributed by atoms with van der Waals surface area (Å²) < 4.78 is 1.07. The predicted octanol–water partition coefficient (Wildman–Crippen LogP) is 4.50. The molecule has 1 aromatic heterocycles. The zero-order valence-corrected chi connectivity index (χ0v) is 13.5. The molecule has 6 heteroatoms. The van der Waals surface area contributed by atoms with E-state index in [1.165, 1.54) is 11.3 Å². The molecule has 0 spiro atoms. The zero-order chi connectivity index (χ0) is 16.2. The Hall–Kier alpha value is -2.47. The standard InChI is InChI=1S/C17H17N3O2S/c1-2-14(20(21)22)16(12-8-4-3-5-9-12)19-17-18-13-10-6-7-11-15(13)23-17/h3-11,14,16H,2H2,1H3,(H,18,19)/t14?,16-/m0/s1. The highest BCUT2D eigenvalue weighted by Gasteiger charge is 2.31. The summed E-state index contributed by atoms with van der Waals surface area (Å²) in [6, 6.07) is 16.3. The summed E-state index contributed by atoms with van der Waals surface area (Å²) in [6.45, 7) is 1.84. The lowest BCUT2D eigenvalue weighted by atomic mass is 9.98. The molecule has 23 heavy (non-hydrogen) atoms. The molecule has 0 aliphatic rings. The first kappa shape index (κ1) is 15.4. The summed E-state index contributed by atoms with van der Waals surface area (Å²) in [5.41, 5.74) is 1.80. The van der Waals surface area contributed by atoms with Crippen LogP contribution in [-0.4, -0.2) is 15.9 Å². The molecule has 0 amide bonds. The van der Waals surface area contributed by atoms with Crippen molar-refractivity contribution < 1.29 is 4.92 Å². The van der Waals surface area contributed by atoms with Crippen molar-refractivity contribution in [1.82, 2.24) is 4.98 Å². The molecule has 2 atom stereocenters. The van der Waals surface area contributed by atoms with Gasteiger partial charge in [-0.1, -0.05) is 60.7 Å². The topological polar surface area (TPSA) is 68.1 Å². The third-order valence-corrected chi connectivity index (χ3v) is 4.77. The Kier molecular flexibility index (Phi) is 4.52. The number of nitro groups is 1. The Morgan fingerprint density at radius 2 is 1.87 bits per heavy atom. The number of nitrogens with one attached hydrogen (secondary N) is 1. The molecule has 1 unspecified atom stereocenters. The van der Waals surface area contributed by atoms with Crippen molar-refractivity contribution in [1.29, 1.82) is 0 Å². The van der Waals surface area contributed by atoms with Crippen LogP contribution in [0.4, 0.5) is 5.13 Å². The molecule has 5 nitrogen and oxygen atoms in total. The van der Waals surface area contributed by atoms with Gasteiger partial charge in [-0.3, -0.25) is 10.1 Å². The number of rotatable bonds is 6. The number of benzene rings is 2. The zero-order valence-electron chi connectivity index (χ0n) is 12.7. The monoisotopic (exact) mass is 327 g/mol. The van der Waals surface area contributed by atoms with E-state index in [2.05, 4.69) is 10.3 Å². The molecule has 118 valence electrons. The van der Waals surface area contributed by atoms with Gasteiger partial charge in [0.25, 0.3) is 0 Å². The average Bonchev–Trinajstić information content (AvgIpc) is 2.97. The molecule has 3 rings (SSSR count). The van der Waals surface area contributed by atoms with Gasteiger partial charge in [-0.2, -0.15) is 0 Å². The van der Waals surface area contributed by atoms with Gasteiger partial charge in [0.1, 0.15) is 6.04 Å². The van der Waals surface area contributed by atoms with Gasteiger partial charge >= 0.3 is 0 Å². The van der Waals surface area contributed by atoms with Crippen molar-refractivity contribution in [2.75, 3.05) is 5.32 Å². The van der Waals surface area contributed by atoms with Crippen LogP contribution in [0.25, 0.3) is 10.2 Å². The van der Waals surface area contributed by atoms with E-state index in [1.54, 1.807) is 0 Å². The van der Waals surface area contributed by atoms with Crippen LogP contribution in [0.1, 0.15) is 24.9 Å². The number of thiazole rings is 1. The number of aromatic nitrogens is 1. The van der Waals surface area contributed by atoms with Gasteiger partial charge in [-0.15, -0.1) is 0 Å². The van der Waals surface area contributed by atoms with E-state index in [-0.39, 0.29) is 4.92 Å². The lowest BCUT2D eigenvalue weighted by Gasteiger charge is -2.21. The van der Waals surface area contributed by atoms with E-state index in [0.29, 0.717) is 11.6 Å². The van der Waals surface area contributed by atoms with E-state index in [0.717, 1.165) is 15.8 Å². The fraction of sp³-hybridized carbons (Fsp3) is 0.235. The lowest BCUT2D eigenvalue weighted by molar-refractivity contribution is -0.526. The summed E-state index contributed by atoms with van der Waals surface area (Å²) in [4.78, 5) is 15.8. The highest BCUT2D eigenvalue weighted by molar-refractivity contribution is 7.22. The molecule has 3 aromatic rings. The molecule has 0 aliphatic carbocycles. The summed E-state index contributed by atoms with van der Waals surface area (Å²) in [5.74, 6) is 0. The first-order valence-corrected chi connectivity index (χ1v) is 8.31. The second-order valence-electron chi connectivity index (χ2n) is 5.28. The minimum absolute atomic E-state index is 0.210. The predicted molar refractivity (Wildman–Crippen MR) is 93.5 cm³/mol. The average molecular weight is 327 g/mol. The Bertz CT molecular complexity index is 771. The van der Waals surface area contributed by atoms with Gasteiger partial charge < -0.3 is 5.32 Å². The van der Waals surface area contributed by atoms with Crippen LogP contribution in [0, 0.1) is 10.1 Å². The highest BCUT2D eigenvalue weighted by atomic mass is 32.1. The Morgan fingerprint density at radius 1 is 1.17 bits per heavy atom. The fourth-order valence-electron chi connectivity index (χ4n) is 2.64. The Labute approximate surface area is 138 Å². The van der Waals surface area contributed by atoms with Crippen LogP contribution in [0.3, 0.4) is 0 Å². The first-order chi connectivity index (χ1) is 11.2. The van der Waals surface area contributed by atoms with E-state index >= 15 is 0 Å². The van der Waals surface area contributed by atoms with Crippen LogP contribution in [0.2, 0.25) is 0 Å². The number of nitrogens with zero attached hydrogens (tertiary/aromatic N) is 2. The minimum atomic E-state index is -0.704. The van der Waals surface area contributed by atoms with Crippen molar-refractivity contribution in [2.24, 2.45) is 0 Å². The van der Waals surface area contributed by atoms with E-state index in [4.69, 9.17) is 0 Å². The molecule has 0 fully saturated rings. The summed E-state index contributed by atoms with van der Waals surface area (Å²) in [5, 5.41) is 15.4. The highest BCUT2D eigenvalue weighted by Crippen LogP contribution is 2.31. The number of hydrogen-bond donors (Lipinski definition) is 1. The molecule has 0 aliphatic heterocycles. The number of para-hydroxylation sites is 1. The summed E-state index contributed by atoms with van der Waals surface area (Å²) in [6.07, 6.45) is 0.449. The van der Waals surface area contributed by atoms with Gasteiger partial charge in [0.15, 0.2) is 5.13 Å². The molecule has 1 N–H and O–H groups in total. The molecule has 1 heterocycles. The van der Waals surface area contributed by atoms with Crippen molar-refractivity contribution in [2.45, 2.75) is 25.4 Å². The molecule has 2 aromatic carbocycles. The summed E-state index contributed by atoms with van der Waals surface area (Å²) >= 11 is 1.52. The van der Waals surface area contributed by atoms with Crippen molar-refractivity contribution >= 4 is 26.7 Å². The van der Waals surface area contributed by atoms with Crippen molar-refractivity contribution in [3.63, 3.8) is 0 Å². The van der Waals surface area contributed by atoms with Crippen LogP contribution in [0.5, 0.6) is 0 Å². The third-order valence-electron chi connectivity index (χ3n) is 3.81. The Morgan fingerprint density at radius 3 is 2.52 bits per heavy atom. The number of anilines is 1. The number of hydrogen-bond acceptors (Lipinski definition) is 5. The molecule has 0 saturated heterocycles. The van der Waals surface area contributed by atoms with E-state index < -0.39 is 12.1 Å². The van der Waals surface area contributed by atoms with E-state index in [9.17, 15) is 10.1 Å². The van der Waals surface area contributed by atoms with Crippen LogP contribution < -0.4 is 5.32 Å². The molecule has 0 saturated carbocycles. The normalized spacial score (nSPS) is 13.6. The maximum atomic E-state index is 11.5. The second kappa shape index (κ2) is 6.75. The van der Waals surface area contributed by atoms with Gasteiger partial charge in [0, 0.05) is 11.3 Å². The van der Waals surface area contributed by atoms with E-state index in [1.807, 2.05) is 61.5 Å². The lowest BCUT2D eigenvalue weighted by Crippen LogP contribution is -2.32. The van der Waals surface area contributed by atoms with Gasteiger partial charge in [-0.25, -0.2) is 4.98 Å².